The predicted octanol–water partition coefficient (Wildman–Crippen LogP) is 4.69. The number of H-pyrrole nitrogens is 1. The maximum atomic E-state index is 12.6. The molecular weight excluding hydrogens is 431 g/mol. The van der Waals surface area contributed by atoms with Gasteiger partial charge in [-0.3, -0.25) is 4.79 Å². The van der Waals surface area contributed by atoms with Crippen LogP contribution in [0.1, 0.15) is 16.1 Å². The standard InChI is InChI=1S/C19H16F3N7OS/c1-10-8-14(31-29-10)26-17(30)11-2-4-12(5-3-11)25-18-27-15-13(6-7-23-15)16(28-18)24-9-19(20,21)22/h2-8H,9H2,1H3,(H,26,30)(H3,23,24,25,27,28). The van der Waals surface area contributed by atoms with E-state index in [4.69, 9.17) is 0 Å². The minimum Gasteiger partial charge on any atom is -0.360 e. The number of nitrogens with one attached hydrogen (secondary N) is 4. The van der Waals surface area contributed by atoms with E-state index in [1.54, 1.807) is 42.6 Å². The molecule has 4 aromatic rings. The van der Waals surface area contributed by atoms with Gasteiger partial charge >= 0.3 is 6.18 Å². The Bertz CT molecular complexity index is 1220. The fraction of sp³-hybridized carbons (Fsp3) is 0.158. The molecule has 0 fully saturated rings. The number of halogens is 3. The van der Waals surface area contributed by atoms with Gasteiger partial charge in [0.1, 0.15) is 23.0 Å². The molecule has 0 radical (unpaired) electrons. The lowest BCUT2D eigenvalue weighted by atomic mass is 10.2. The molecule has 1 aromatic carbocycles. The molecular formula is C19H16F3N7OS. The minimum atomic E-state index is -4.38. The minimum absolute atomic E-state index is 0.0573. The number of rotatable bonds is 6. The molecule has 0 aliphatic heterocycles. The van der Waals surface area contributed by atoms with Crippen molar-refractivity contribution in [3.05, 3.63) is 53.9 Å². The van der Waals surface area contributed by atoms with Gasteiger partial charge < -0.3 is 20.9 Å². The average Bonchev–Trinajstić information content (AvgIpc) is 3.35. The van der Waals surface area contributed by atoms with Gasteiger partial charge in [0, 0.05) is 17.4 Å². The van der Waals surface area contributed by atoms with Crippen molar-refractivity contribution in [3.63, 3.8) is 0 Å². The molecule has 12 heteroatoms. The van der Waals surface area contributed by atoms with Gasteiger partial charge in [-0.15, -0.1) is 0 Å². The monoisotopic (exact) mass is 447 g/mol. The Hall–Kier alpha value is -3.67. The van der Waals surface area contributed by atoms with Crippen LogP contribution >= 0.6 is 11.5 Å². The first-order chi connectivity index (χ1) is 14.8. The van der Waals surface area contributed by atoms with Crippen molar-refractivity contribution < 1.29 is 18.0 Å². The molecule has 8 nitrogen and oxygen atoms in total. The van der Waals surface area contributed by atoms with Gasteiger partial charge in [0.2, 0.25) is 5.95 Å². The third-order valence-electron chi connectivity index (χ3n) is 4.14. The Labute approximate surface area is 178 Å². The second-order valence-corrected chi connectivity index (χ2v) is 7.40. The lowest BCUT2D eigenvalue weighted by Crippen LogP contribution is -2.22. The lowest BCUT2D eigenvalue weighted by Gasteiger charge is -2.12. The fourth-order valence-electron chi connectivity index (χ4n) is 2.76. The number of benzene rings is 1. The molecule has 0 spiro atoms. The molecule has 0 aliphatic carbocycles. The summed E-state index contributed by atoms with van der Waals surface area (Å²) in [6.07, 6.45) is -2.81. The van der Waals surface area contributed by atoms with Crippen LogP contribution in [0.5, 0.6) is 0 Å². The average molecular weight is 447 g/mol. The summed E-state index contributed by atoms with van der Waals surface area (Å²) in [5.74, 6) is -0.114. The molecule has 4 N–H and O–H groups in total. The van der Waals surface area contributed by atoms with Crippen LogP contribution in [-0.2, 0) is 0 Å². The Balaban J connectivity index is 1.49. The van der Waals surface area contributed by atoms with Crippen LogP contribution in [0, 0.1) is 6.92 Å². The molecule has 3 aromatic heterocycles. The van der Waals surface area contributed by atoms with Gasteiger partial charge in [-0.05, 0) is 54.9 Å². The van der Waals surface area contributed by atoms with E-state index in [0.29, 0.717) is 27.3 Å². The maximum absolute atomic E-state index is 12.6. The van der Waals surface area contributed by atoms with Gasteiger partial charge in [-0.25, -0.2) is 0 Å². The van der Waals surface area contributed by atoms with Crippen molar-refractivity contribution in [3.8, 4) is 0 Å². The number of hydrogen-bond acceptors (Lipinski definition) is 7. The van der Waals surface area contributed by atoms with E-state index < -0.39 is 12.7 Å². The maximum Gasteiger partial charge on any atom is 0.405 e. The number of alkyl halides is 3. The molecule has 0 atom stereocenters. The largest absolute Gasteiger partial charge is 0.405 e. The third kappa shape index (κ3) is 5.09. The summed E-state index contributed by atoms with van der Waals surface area (Å²) in [5.41, 5.74) is 2.21. The number of nitrogens with zero attached hydrogens (tertiary/aromatic N) is 3. The number of anilines is 4. The quantitative estimate of drug-likeness (QED) is 0.342. The van der Waals surface area contributed by atoms with Crippen LogP contribution in [-0.4, -0.2) is 38.0 Å². The highest BCUT2D eigenvalue weighted by atomic mass is 32.1. The fourth-order valence-corrected chi connectivity index (χ4v) is 3.41. The number of aryl methyl sites for hydroxylation is 1. The van der Waals surface area contributed by atoms with Crippen molar-refractivity contribution >= 4 is 50.9 Å². The van der Waals surface area contributed by atoms with E-state index in [1.807, 2.05) is 6.92 Å². The first-order valence-electron chi connectivity index (χ1n) is 9.04. The molecule has 0 unspecified atom stereocenters. The second kappa shape index (κ2) is 8.22. The Kier molecular flexibility index (Phi) is 5.46. The molecule has 160 valence electrons. The van der Waals surface area contributed by atoms with Gasteiger partial charge in [0.25, 0.3) is 5.91 Å². The van der Waals surface area contributed by atoms with E-state index in [0.717, 1.165) is 5.69 Å². The van der Waals surface area contributed by atoms with Crippen LogP contribution in [0.25, 0.3) is 11.0 Å². The number of hydrogen-bond donors (Lipinski definition) is 4. The normalized spacial score (nSPS) is 11.5. The van der Waals surface area contributed by atoms with Crippen LogP contribution in [0.15, 0.2) is 42.6 Å². The zero-order chi connectivity index (χ0) is 22.0. The molecule has 0 aliphatic rings. The van der Waals surface area contributed by atoms with Gasteiger partial charge in [0.15, 0.2) is 0 Å². The van der Waals surface area contributed by atoms with Gasteiger partial charge in [0.05, 0.1) is 11.1 Å². The summed E-state index contributed by atoms with van der Waals surface area (Å²) in [7, 11) is 0. The highest BCUT2D eigenvalue weighted by Crippen LogP contribution is 2.25. The van der Waals surface area contributed by atoms with E-state index >= 15 is 0 Å². The topological polar surface area (TPSA) is 108 Å². The zero-order valence-electron chi connectivity index (χ0n) is 16.0. The van der Waals surface area contributed by atoms with Crippen LogP contribution in [0.3, 0.4) is 0 Å². The second-order valence-electron chi connectivity index (χ2n) is 6.59. The number of fused-ring (bicyclic) bond motifs is 1. The first kappa shape index (κ1) is 20.6. The Morgan fingerprint density at radius 2 is 1.94 bits per heavy atom. The third-order valence-corrected chi connectivity index (χ3v) is 4.94. The van der Waals surface area contributed by atoms with Gasteiger partial charge in [-0.1, -0.05) is 0 Å². The molecule has 31 heavy (non-hydrogen) atoms. The molecule has 0 saturated heterocycles. The van der Waals surface area contributed by atoms with E-state index in [2.05, 4.69) is 35.3 Å². The van der Waals surface area contributed by atoms with Crippen LogP contribution < -0.4 is 16.0 Å². The summed E-state index contributed by atoms with van der Waals surface area (Å²) in [5, 5.41) is 9.10. The summed E-state index contributed by atoms with van der Waals surface area (Å²) >= 11 is 1.20. The van der Waals surface area contributed by atoms with Crippen molar-refractivity contribution in [2.75, 3.05) is 22.5 Å². The molecule has 1 amide bonds. The molecule has 4 rings (SSSR count). The van der Waals surface area contributed by atoms with E-state index in [9.17, 15) is 18.0 Å². The number of aromatic amines is 1. The van der Waals surface area contributed by atoms with Crippen molar-refractivity contribution in [2.24, 2.45) is 0 Å². The van der Waals surface area contributed by atoms with Crippen LogP contribution in [0.4, 0.5) is 35.6 Å². The molecule has 3 heterocycles. The Morgan fingerprint density at radius 1 is 1.16 bits per heavy atom. The summed E-state index contributed by atoms with van der Waals surface area (Å²) < 4.78 is 41.9. The number of carbonyl (C=O) groups is 1. The number of carbonyl (C=O) groups excluding carboxylic acids is 1. The highest BCUT2D eigenvalue weighted by Gasteiger charge is 2.27. The zero-order valence-corrected chi connectivity index (χ0v) is 16.9. The summed E-state index contributed by atoms with van der Waals surface area (Å²) in [6, 6.07) is 9.89. The lowest BCUT2D eigenvalue weighted by molar-refractivity contribution is -0.115. The smallest absolute Gasteiger partial charge is 0.360 e. The van der Waals surface area contributed by atoms with E-state index in [-0.39, 0.29) is 17.7 Å². The molecule has 0 saturated carbocycles. The number of aromatic nitrogens is 4. The summed E-state index contributed by atoms with van der Waals surface area (Å²) in [6.45, 7) is 0.621. The predicted molar refractivity (Wildman–Crippen MR) is 113 cm³/mol. The van der Waals surface area contributed by atoms with E-state index in [1.165, 1.54) is 11.5 Å². The van der Waals surface area contributed by atoms with Crippen LogP contribution in [0.2, 0.25) is 0 Å². The number of amides is 1. The van der Waals surface area contributed by atoms with Crippen molar-refractivity contribution in [1.29, 1.82) is 0 Å². The molecule has 0 bridgehead atoms. The highest BCUT2D eigenvalue weighted by molar-refractivity contribution is 7.10. The Morgan fingerprint density at radius 3 is 2.61 bits per heavy atom. The summed E-state index contributed by atoms with van der Waals surface area (Å²) in [4.78, 5) is 23.6. The SMILES string of the molecule is Cc1cc(NC(=O)c2ccc(Nc3nc(NCC(F)(F)F)c4cc[nH]c4n3)cc2)sn1. The van der Waals surface area contributed by atoms with Crippen molar-refractivity contribution in [1.82, 2.24) is 19.3 Å². The first-order valence-corrected chi connectivity index (χ1v) is 9.82. The van der Waals surface area contributed by atoms with Crippen molar-refractivity contribution in [2.45, 2.75) is 13.1 Å². The van der Waals surface area contributed by atoms with Gasteiger partial charge in [-0.2, -0.15) is 27.5 Å².